The summed E-state index contributed by atoms with van der Waals surface area (Å²) in [6.07, 6.45) is 1.70. The predicted octanol–water partition coefficient (Wildman–Crippen LogP) is 3.97. The second-order valence-corrected chi connectivity index (χ2v) is 5.12. The highest BCUT2D eigenvalue weighted by Gasteiger charge is 2.13. The van der Waals surface area contributed by atoms with Crippen LogP contribution in [0, 0.1) is 0 Å². The maximum atomic E-state index is 6.25. The van der Waals surface area contributed by atoms with E-state index in [2.05, 4.69) is 5.10 Å². The molecule has 0 atom stereocenters. The fraction of sp³-hybridized carbons (Fsp3) is 0.0714. The van der Waals surface area contributed by atoms with E-state index in [0.29, 0.717) is 22.3 Å². The SMILES string of the molecule is Nc1c(Cl)cc(Cl)c2c1cnn2Cc1ccccc1. The molecule has 0 aliphatic carbocycles. The van der Waals surface area contributed by atoms with Crippen LogP contribution >= 0.6 is 23.2 Å². The van der Waals surface area contributed by atoms with Crippen LogP contribution in [-0.4, -0.2) is 9.78 Å². The summed E-state index contributed by atoms with van der Waals surface area (Å²) in [6, 6.07) is 11.7. The third-order valence-corrected chi connectivity index (χ3v) is 3.64. The van der Waals surface area contributed by atoms with Gasteiger partial charge in [-0.05, 0) is 11.6 Å². The van der Waals surface area contributed by atoms with Gasteiger partial charge in [0.1, 0.15) is 0 Å². The van der Waals surface area contributed by atoms with E-state index in [1.807, 2.05) is 35.0 Å². The molecule has 2 aromatic carbocycles. The molecule has 0 radical (unpaired) electrons. The molecule has 0 unspecified atom stereocenters. The molecule has 3 aromatic rings. The van der Waals surface area contributed by atoms with E-state index in [1.165, 1.54) is 0 Å². The molecule has 0 saturated heterocycles. The van der Waals surface area contributed by atoms with E-state index in [9.17, 15) is 0 Å². The van der Waals surface area contributed by atoms with Crippen molar-refractivity contribution in [3.63, 3.8) is 0 Å². The van der Waals surface area contributed by atoms with Gasteiger partial charge in [0.15, 0.2) is 0 Å². The third kappa shape index (κ3) is 2.15. The molecule has 0 aliphatic heterocycles. The summed E-state index contributed by atoms with van der Waals surface area (Å²) in [4.78, 5) is 0. The minimum atomic E-state index is 0.455. The van der Waals surface area contributed by atoms with Gasteiger partial charge in [-0.15, -0.1) is 0 Å². The number of hydrogen-bond donors (Lipinski definition) is 1. The molecule has 96 valence electrons. The average molecular weight is 292 g/mol. The van der Waals surface area contributed by atoms with Gasteiger partial charge in [0.2, 0.25) is 0 Å². The number of nitrogens with zero attached hydrogens (tertiary/aromatic N) is 2. The van der Waals surface area contributed by atoms with Crippen LogP contribution in [0.15, 0.2) is 42.6 Å². The van der Waals surface area contributed by atoms with Crippen LogP contribution in [0.2, 0.25) is 10.0 Å². The number of hydrogen-bond acceptors (Lipinski definition) is 2. The Kier molecular flexibility index (Phi) is 3.09. The van der Waals surface area contributed by atoms with E-state index < -0.39 is 0 Å². The Morgan fingerprint density at radius 2 is 1.84 bits per heavy atom. The lowest BCUT2D eigenvalue weighted by Crippen LogP contribution is -2.01. The van der Waals surface area contributed by atoms with Crippen LogP contribution in [0.3, 0.4) is 0 Å². The van der Waals surface area contributed by atoms with Crippen LogP contribution in [0.5, 0.6) is 0 Å². The summed E-state index contributed by atoms with van der Waals surface area (Å²) in [6.45, 7) is 0.644. The Hall–Kier alpha value is -1.71. The Bertz CT molecular complexity index is 735. The van der Waals surface area contributed by atoms with Crippen LogP contribution in [-0.2, 0) is 6.54 Å². The highest BCUT2D eigenvalue weighted by atomic mass is 35.5. The summed E-state index contributed by atoms with van der Waals surface area (Å²) in [5, 5.41) is 6.15. The first-order valence-electron chi connectivity index (χ1n) is 5.79. The number of anilines is 1. The number of nitrogen functional groups attached to an aromatic ring is 1. The molecule has 0 fully saturated rings. The first kappa shape index (κ1) is 12.3. The van der Waals surface area contributed by atoms with E-state index in [4.69, 9.17) is 28.9 Å². The number of benzene rings is 2. The fourth-order valence-electron chi connectivity index (χ4n) is 2.10. The van der Waals surface area contributed by atoms with Crippen molar-refractivity contribution in [3.05, 3.63) is 58.2 Å². The van der Waals surface area contributed by atoms with Gasteiger partial charge in [-0.2, -0.15) is 5.10 Å². The minimum Gasteiger partial charge on any atom is -0.397 e. The molecule has 0 spiro atoms. The zero-order valence-corrected chi connectivity index (χ0v) is 11.5. The summed E-state index contributed by atoms with van der Waals surface area (Å²) >= 11 is 12.3. The van der Waals surface area contributed by atoms with E-state index in [-0.39, 0.29) is 0 Å². The molecular weight excluding hydrogens is 281 g/mol. The number of rotatable bonds is 2. The van der Waals surface area contributed by atoms with E-state index in [1.54, 1.807) is 12.3 Å². The molecule has 3 rings (SSSR count). The molecule has 3 nitrogen and oxygen atoms in total. The summed E-state index contributed by atoms with van der Waals surface area (Å²) in [5.74, 6) is 0. The fourth-order valence-corrected chi connectivity index (χ4v) is 2.67. The highest BCUT2D eigenvalue weighted by Crippen LogP contribution is 2.34. The zero-order valence-electron chi connectivity index (χ0n) is 9.98. The Morgan fingerprint density at radius 1 is 1.11 bits per heavy atom. The summed E-state index contributed by atoms with van der Waals surface area (Å²) in [7, 11) is 0. The Balaban J connectivity index is 2.13. The van der Waals surface area contributed by atoms with Crippen molar-refractivity contribution in [1.82, 2.24) is 9.78 Å². The largest absolute Gasteiger partial charge is 0.397 e. The van der Waals surface area contributed by atoms with Gasteiger partial charge in [0.05, 0.1) is 34.0 Å². The van der Waals surface area contributed by atoms with Crippen LogP contribution < -0.4 is 5.73 Å². The molecule has 0 aliphatic rings. The second-order valence-electron chi connectivity index (χ2n) is 4.30. The normalized spacial score (nSPS) is 11.1. The molecule has 0 saturated carbocycles. The Morgan fingerprint density at radius 3 is 2.58 bits per heavy atom. The van der Waals surface area contributed by atoms with E-state index in [0.717, 1.165) is 16.5 Å². The molecule has 0 amide bonds. The van der Waals surface area contributed by atoms with Gasteiger partial charge in [-0.3, -0.25) is 4.68 Å². The van der Waals surface area contributed by atoms with Crippen molar-refractivity contribution in [2.45, 2.75) is 6.54 Å². The minimum absolute atomic E-state index is 0.455. The molecule has 2 N–H and O–H groups in total. The monoisotopic (exact) mass is 291 g/mol. The molecular formula is C14H11Cl2N3. The average Bonchev–Trinajstić information content (AvgIpc) is 2.82. The lowest BCUT2D eigenvalue weighted by Gasteiger charge is -2.07. The van der Waals surface area contributed by atoms with Gasteiger partial charge in [-0.25, -0.2) is 0 Å². The van der Waals surface area contributed by atoms with Crippen molar-refractivity contribution >= 4 is 39.8 Å². The number of nitrogens with two attached hydrogens (primary N) is 1. The lowest BCUT2D eigenvalue weighted by atomic mass is 10.2. The molecule has 1 aromatic heterocycles. The van der Waals surface area contributed by atoms with Crippen molar-refractivity contribution in [1.29, 1.82) is 0 Å². The van der Waals surface area contributed by atoms with Crippen LogP contribution in [0.1, 0.15) is 5.56 Å². The Labute approximate surface area is 120 Å². The topological polar surface area (TPSA) is 43.8 Å². The van der Waals surface area contributed by atoms with Crippen molar-refractivity contribution < 1.29 is 0 Å². The number of halogens is 2. The van der Waals surface area contributed by atoms with Crippen molar-refractivity contribution in [2.75, 3.05) is 5.73 Å². The van der Waals surface area contributed by atoms with Gasteiger partial charge >= 0.3 is 0 Å². The predicted molar refractivity (Wildman–Crippen MR) is 79.7 cm³/mol. The zero-order chi connectivity index (χ0) is 13.4. The molecule has 0 bridgehead atoms. The highest BCUT2D eigenvalue weighted by molar-refractivity contribution is 6.40. The molecule has 19 heavy (non-hydrogen) atoms. The first-order valence-corrected chi connectivity index (χ1v) is 6.55. The van der Waals surface area contributed by atoms with Gasteiger partial charge in [0.25, 0.3) is 0 Å². The van der Waals surface area contributed by atoms with Gasteiger partial charge in [0, 0.05) is 5.39 Å². The molecule has 1 heterocycles. The first-order chi connectivity index (χ1) is 9.16. The van der Waals surface area contributed by atoms with E-state index >= 15 is 0 Å². The van der Waals surface area contributed by atoms with Gasteiger partial charge < -0.3 is 5.73 Å². The second kappa shape index (κ2) is 4.76. The van der Waals surface area contributed by atoms with Crippen molar-refractivity contribution in [2.24, 2.45) is 0 Å². The quantitative estimate of drug-likeness (QED) is 0.726. The summed E-state index contributed by atoms with van der Waals surface area (Å²) in [5.41, 5.74) is 8.43. The van der Waals surface area contributed by atoms with Crippen LogP contribution in [0.25, 0.3) is 10.9 Å². The maximum absolute atomic E-state index is 6.25. The van der Waals surface area contributed by atoms with Crippen molar-refractivity contribution in [3.8, 4) is 0 Å². The summed E-state index contributed by atoms with van der Waals surface area (Å²) < 4.78 is 1.83. The third-order valence-electron chi connectivity index (χ3n) is 3.04. The lowest BCUT2D eigenvalue weighted by molar-refractivity contribution is 0.712. The standard InChI is InChI=1S/C14H11Cl2N3/c15-11-6-12(16)14-10(13(11)17)7-18-19(14)8-9-4-2-1-3-5-9/h1-7H,8,17H2. The smallest absolute Gasteiger partial charge is 0.0894 e. The molecule has 5 heteroatoms. The maximum Gasteiger partial charge on any atom is 0.0894 e. The number of aromatic nitrogens is 2. The van der Waals surface area contributed by atoms with Gasteiger partial charge in [-0.1, -0.05) is 53.5 Å². The van der Waals surface area contributed by atoms with Crippen LogP contribution in [0.4, 0.5) is 5.69 Å². The number of fused-ring (bicyclic) bond motifs is 1.